The molecule has 0 aliphatic heterocycles. The molecule has 8 aromatic carbocycles. The zero-order chi connectivity index (χ0) is 39.5. The van der Waals surface area contributed by atoms with E-state index >= 15 is 0 Å². The summed E-state index contributed by atoms with van der Waals surface area (Å²) >= 11 is 0. The van der Waals surface area contributed by atoms with Crippen LogP contribution in [0.2, 0.25) is 0 Å². The van der Waals surface area contributed by atoms with Gasteiger partial charge in [-0.3, -0.25) is 0 Å². The van der Waals surface area contributed by atoms with Gasteiger partial charge in [-0.1, -0.05) is 231 Å². The lowest BCUT2D eigenvalue weighted by Crippen LogP contribution is -1.92. The maximum atomic E-state index is 2.32. The molecule has 0 saturated heterocycles. The predicted octanol–water partition coefficient (Wildman–Crippen LogP) is 15.5. The molecule has 0 spiro atoms. The van der Waals surface area contributed by atoms with Crippen LogP contribution in [-0.2, 0) is 0 Å². The third-order valence-electron chi connectivity index (χ3n) is 10.7. The molecule has 278 valence electrons. The average Bonchev–Trinajstić information content (AvgIpc) is 3.28. The zero-order valence-electron chi connectivity index (χ0n) is 33.1. The van der Waals surface area contributed by atoms with Crippen LogP contribution in [0.1, 0.15) is 66.8 Å². The summed E-state index contributed by atoms with van der Waals surface area (Å²) in [5, 5.41) is 0. The number of hydrogen-bond donors (Lipinski definition) is 0. The summed E-state index contributed by atoms with van der Waals surface area (Å²) in [5.74, 6) is 0. The molecule has 8 rings (SSSR count). The largest absolute Gasteiger partial charge is 0.0622 e. The van der Waals surface area contributed by atoms with Crippen LogP contribution < -0.4 is 0 Å². The van der Waals surface area contributed by atoms with Crippen LogP contribution in [0.5, 0.6) is 0 Å². The first-order valence-electron chi connectivity index (χ1n) is 20.0. The molecule has 0 atom stereocenters. The maximum Gasteiger partial charge on any atom is -0.0103 e. The Kier molecular flexibility index (Phi) is 11.8. The standard InChI is InChI=1S/C58H46/c1-43-17-9-15-27-55(43)57(51-21-5-3-6-22-51)41-53-25-13-11-19-47(53)35-29-45-31-37-49(38-32-45)50-39-33-46(34-40-50)30-36-48-20-12-14-26-54(48)42-58(52-23-7-4-8-24-52)56-28-16-10-18-44(56)2/h3-42H,1-2H3. The minimum Gasteiger partial charge on any atom is -0.0622 e. The van der Waals surface area contributed by atoms with Gasteiger partial charge in [0, 0.05) is 0 Å². The van der Waals surface area contributed by atoms with Crippen LogP contribution in [0.3, 0.4) is 0 Å². The van der Waals surface area contributed by atoms with E-state index in [1.807, 2.05) is 0 Å². The van der Waals surface area contributed by atoms with E-state index in [1.54, 1.807) is 0 Å². The normalized spacial score (nSPS) is 12.0. The van der Waals surface area contributed by atoms with Crippen LogP contribution in [0.4, 0.5) is 0 Å². The van der Waals surface area contributed by atoms with E-state index in [0.717, 1.165) is 11.1 Å². The molecule has 58 heavy (non-hydrogen) atoms. The molecule has 0 aliphatic rings. The summed E-state index contributed by atoms with van der Waals surface area (Å²) in [5.41, 5.74) is 19.3. The Hall–Kier alpha value is -7.28. The molecule has 0 amide bonds. The molecule has 0 aliphatic carbocycles. The van der Waals surface area contributed by atoms with Crippen molar-refractivity contribution >= 4 is 47.6 Å². The van der Waals surface area contributed by atoms with Crippen LogP contribution >= 0.6 is 0 Å². The lowest BCUT2D eigenvalue weighted by Gasteiger charge is -2.13. The van der Waals surface area contributed by atoms with Gasteiger partial charge in [-0.15, -0.1) is 0 Å². The molecular weight excluding hydrogens is 697 g/mol. The molecule has 0 heteroatoms. The summed E-state index contributed by atoms with van der Waals surface area (Å²) in [7, 11) is 0. The van der Waals surface area contributed by atoms with E-state index in [1.165, 1.54) is 77.9 Å². The number of rotatable bonds is 11. The predicted molar refractivity (Wildman–Crippen MR) is 252 cm³/mol. The summed E-state index contributed by atoms with van der Waals surface area (Å²) in [4.78, 5) is 0. The van der Waals surface area contributed by atoms with Crippen LogP contribution in [0, 0.1) is 13.8 Å². The number of aryl methyl sites for hydroxylation is 2. The summed E-state index contributed by atoms with van der Waals surface area (Å²) in [6.07, 6.45) is 13.5. The Morgan fingerprint density at radius 2 is 0.621 bits per heavy atom. The van der Waals surface area contributed by atoms with E-state index in [-0.39, 0.29) is 0 Å². The molecule has 0 N–H and O–H groups in total. The quantitative estimate of drug-likeness (QED) is 0.116. The first-order chi connectivity index (χ1) is 28.6. The van der Waals surface area contributed by atoms with Crippen LogP contribution in [0.25, 0.3) is 58.7 Å². The van der Waals surface area contributed by atoms with Gasteiger partial charge in [0.1, 0.15) is 0 Å². The maximum absolute atomic E-state index is 2.32. The Bertz CT molecular complexity index is 2550. The van der Waals surface area contributed by atoms with Gasteiger partial charge in [-0.25, -0.2) is 0 Å². The highest BCUT2D eigenvalue weighted by atomic mass is 14.1. The minimum atomic E-state index is 1.16. The lowest BCUT2D eigenvalue weighted by molar-refractivity contribution is 1.42. The van der Waals surface area contributed by atoms with Gasteiger partial charge in [0.15, 0.2) is 0 Å². The topological polar surface area (TPSA) is 0 Å². The summed E-state index contributed by atoms with van der Waals surface area (Å²) in [6, 6.07) is 73.5. The number of benzene rings is 8. The van der Waals surface area contributed by atoms with Crippen molar-refractivity contribution in [1.29, 1.82) is 0 Å². The molecular formula is C58H46. The Balaban J connectivity index is 0.994. The Morgan fingerprint density at radius 3 is 1.00 bits per heavy atom. The van der Waals surface area contributed by atoms with Gasteiger partial charge in [-0.2, -0.15) is 0 Å². The zero-order valence-corrected chi connectivity index (χ0v) is 33.1. The highest BCUT2D eigenvalue weighted by Gasteiger charge is 2.11. The Labute approximate surface area is 344 Å². The van der Waals surface area contributed by atoms with E-state index in [0.29, 0.717) is 0 Å². The SMILES string of the molecule is Cc1ccccc1C(=Cc1ccccc1C=Cc1ccc(-c2ccc(C=Cc3ccccc3C=C(c3ccccc3)c3ccccc3C)cc2)cc1)c1ccccc1. The van der Waals surface area contributed by atoms with Crippen molar-refractivity contribution in [2.45, 2.75) is 13.8 Å². The highest BCUT2D eigenvalue weighted by Crippen LogP contribution is 2.32. The van der Waals surface area contributed by atoms with Crippen molar-refractivity contribution in [3.8, 4) is 11.1 Å². The molecule has 0 nitrogen and oxygen atoms in total. The van der Waals surface area contributed by atoms with Gasteiger partial charge in [0.05, 0.1) is 0 Å². The van der Waals surface area contributed by atoms with Crippen molar-refractivity contribution in [3.05, 3.63) is 273 Å². The smallest absolute Gasteiger partial charge is 0.0103 e. The van der Waals surface area contributed by atoms with E-state index in [4.69, 9.17) is 0 Å². The van der Waals surface area contributed by atoms with Crippen molar-refractivity contribution in [2.75, 3.05) is 0 Å². The first-order valence-corrected chi connectivity index (χ1v) is 20.0. The van der Waals surface area contributed by atoms with Gasteiger partial charge in [0.25, 0.3) is 0 Å². The molecule has 0 aromatic heterocycles. The fourth-order valence-corrected chi connectivity index (χ4v) is 7.46. The van der Waals surface area contributed by atoms with Crippen molar-refractivity contribution < 1.29 is 0 Å². The van der Waals surface area contributed by atoms with Crippen molar-refractivity contribution in [2.24, 2.45) is 0 Å². The second-order valence-electron chi connectivity index (χ2n) is 14.6. The molecule has 0 bridgehead atoms. The highest BCUT2D eigenvalue weighted by molar-refractivity contribution is 5.95. The minimum absolute atomic E-state index is 1.16. The summed E-state index contributed by atoms with van der Waals surface area (Å²) in [6.45, 7) is 4.37. The summed E-state index contributed by atoms with van der Waals surface area (Å²) < 4.78 is 0. The fourth-order valence-electron chi connectivity index (χ4n) is 7.46. The monoisotopic (exact) mass is 742 g/mol. The molecule has 0 heterocycles. The van der Waals surface area contributed by atoms with Crippen LogP contribution in [0.15, 0.2) is 206 Å². The van der Waals surface area contributed by atoms with Crippen LogP contribution in [-0.4, -0.2) is 0 Å². The second kappa shape index (κ2) is 18.1. The Morgan fingerprint density at radius 1 is 0.293 bits per heavy atom. The van der Waals surface area contributed by atoms with Gasteiger partial charge in [0.2, 0.25) is 0 Å². The van der Waals surface area contributed by atoms with E-state index in [2.05, 4.69) is 257 Å². The third kappa shape index (κ3) is 9.05. The van der Waals surface area contributed by atoms with Gasteiger partial charge < -0.3 is 0 Å². The first kappa shape index (κ1) is 37.6. The molecule has 0 saturated carbocycles. The second-order valence-corrected chi connectivity index (χ2v) is 14.6. The van der Waals surface area contributed by atoms with Crippen molar-refractivity contribution in [3.63, 3.8) is 0 Å². The number of hydrogen-bond acceptors (Lipinski definition) is 0. The van der Waals surface area contributed by atoms with Gasteiger partial charge in [-0.05, 0) is 115 Å². The third-order valence-corrected chi connectivity index (χ3v) is 10.7. The van der Waals surface area contributed by atoms with E-state index < -0.39 is 0 Å². The van der Waals surface area contributed by atoms with Gasteiger partial charge >= 0.3 is 0 Å². The van der Waals surface area contributed by atoms with E-state index in [9.17, 15) is 0 Å². The molecule has 0 unspecified atom stereocenters. The lowest BCUT2D eigenvalue weighted by atomic mass is 9.91. The molecule has 8 aromatic rings. The fraction of sp³-hybridized carbons (Fsp3) is 0.0345. The average molecular weight is 743 g/mol. The molecule has 0 radical (unpaired) electrons. The van der Waals surface area contributed by atoms with Crippen molar-refractivity contribution in [1.82, 2.24) is 0 Å². The molecule has 0 fully saturated rings.